The molecule has 29 heavy (non-hydrogen) atoms. The molecule has 2 N–H and O–H groups in total. The van der Waals surface area contributed by atoms with E-state index in [9.17, 15) is 19.8 Å². The van der Waals surface area contributed by atoms with E-state index in [-0.39, 0.29) is 13.1 Å². The first-order chi connectivity index (χ1) is 13.5. The molecule has 1 aromatic carbocycles. The minimum absolute atomic E-state index is 0.0624. The number of nitrogens with zero attached hydrogens (tertiary/aromatic N) is 2. The first-order valence-corrected chi connectivity index (χ1v) is 12.0. The van der Waals surface area contributed by atoms with E-state index in [0.29, 0.717) is 37.0 Å². The first-order valence-electron chi connectivity index (χ1n) is 10.3. The Morgan fingerprint density at radius 2 is 1.28 bits per heavy atom. The van der Waals surface area contributed by atoms with E-state index in [0.717, 1.165) is 0 Å². The third-order valence-electron chi connectivity index (χ3n) is 5.28. The number of hydrogen-bond acceptors (Lipinski definition) is 4. The number of carboxylic acid groups (broad SMARTS) is 2. The molecular formula is C22H35N2O4P. The van der Waals surface area contributed by atoms with E-state index in [1.165, 1.54) is 22.0 Å². The zero-order valence-electron chi connectivity index (χ0n) is 18.5. The average molecular weight is 423 g/mol. The van der Waals surface area contributed by atoms with Gasteiger partial charge in [-0.05, 0) is 47.7 Å². The number of benzene rings is 1. The molecule has 0 aromatic heterocycles. The van der Waals surface area contributed by atoms with Crippen LogP contribution in [-0.4, -0.2) is 64.3 Å². The van der Waals surface area contributed by atoms with E-state index >= 15 is 0 Å². The third kappa shape index (κ3) is 6.24. The second-order valence-corrected chi connectivity index (χ2v) is 11.0. The van der Waals surface area contributed by atoms with Crippen molar-refractivity contribution in [2.24, 2.45) is 0 Å². The molecule has 1 aromatic rings. The van der Waals surface area contributed by atoms with Gasteiger partial charge in [0.1, 0.15) is 0 Å². The van der Waals surface area contributed by atoms with Gasteiger partial charge in [0.05, 0.1) is 19.8 Å². The van der Waals surface area contributed by atoms with Gasteiger partial charge in [-0.2, -0.15) is 0 Å². The molecule has 0 amide bonds. The largest absolute Gasteiger partial charge is 0.480 e. The lowest BCUT2D eigenvalue weighted by Crippen LogP contribution is -2.48. The Morgan fingerprint density at radius 3 is 1.59 bits per heavy atom. The molecule has 0 atom stereocenters. The second kappa shape index (κ2) is 10.0. The van der Waals surface area contributed by atoms with Crippen LogP contribution in [0.1, 0.15) is 76.0 Å². The SMILES string of the molecule is CC(C)c1cc(C(C)C)c(P2CN(CC(=O)O)CN(CC(=O)O)C2)c(C(C)C)c1. The summed E-state index contributed by atoms with van der Waals surface area (Å²) >= 11 is 0. The quantitative estimate of drug-likeness (QED) is 0.620. The van der Waals surface area contributed by atoms with Crippen molar-refractivity contribution in [1.82, 2.24) is 9.80 Å². The van der Waals surface area contributed by atoms with Gasteiger partial charge in [0, 0.05) is 12.6 Å². The highest BCUT2D eigenvalue weighted by molar-refractivity contribution is 7.65. The van der Waals surface area contributed by atoms with Crippen molar-refractivity contribution in [3.05, 3.63) is 28.8 Å². The van der Waals surface area contributed by atoms with Gasteiger partial charge in [-0.25, -0.2) is 0 Å². The summed E-state index contributed by atoms with van der Waals surface area (Å²) in [5.74, 6) is -0.607. The fourth-order valence-corrected chi connectivity index (χ4v) is 7.00. The van der Waals surface area contributed by atoms with Gasteiger partial charge < -0.3 is 10.2 Å². The molecule has 0 radical (unpaired) electrons. The van der Waals surface area contributed by atoms with Crippen LogP contribution in [0.5, 0.6) is 0 Å². The van der Waals surface area contributed by atoms with Crippen LogP contribution in [0.2, 0.25) is 0 Å². The maximum atomic E-state index is 11.3. The van der Waals surface area contributed by atoms with Gasteiger partial charge in [-0.15, -0.1) is 0 Å². The Hall–Kier alpha value is -1.49. The summed E-state index contributed by atoms with van der Waals surface area (Å²) in [7, 11) is -0.720. The average Bonchev–Trinajstić information content (AvgIpc) is 2.58. The van der Waals surface area contributed by atoms with Crippen molar-refractivity contribution in [2.45, 2.75) is 59.3 Å². The molecule has 0 bridgehead atoms. The van der Waals surface area contributed by atoms with E-state index in [4.69, 9.17) is 0 Å². The molecule has 1 aliphatic rings. The molecule has 1 heterocycles. The number of rotatable bonds is 8. The highest BCUT2D eigenvalue weighted by Crippen LogP contribution is 2.44. The first kappa shape index (κ1) is 23.8. The lowest BCUT2D eigenvalue weighted by molar-refractivity contribution is -0.139. The van der Waals surface area contributed by atoms with Gasteiger partial charge in [0.15, 0.2) is 0 Å². The zero-order valence-corrected chi connectivity index (χ0v) is 19.4. The third-order valence-corrected chi connectivity index (χ3v) is 7.91. The second-order valence-electron chi connectivity index (χ2n) is 8.92. The molecule has 0 spiro atoms. The van der Waals surface area contributed by atoms with Crippen LogP contribution in [0.25, 0.3) is 0 Å². The number of hydrogen-bond donors (Lipinski definition) is 2. The number of carbonyl (C=O) groups is 2. The van der Waals surface area contributed by atoms with Crippen molar-refractivity contribution < 1.29 is 19.8 Å². The number of carboxylic acids is 2. The lowest BCUT2D eigenvalue weighted by Gasteiger charge is -2.41. The van der Waals surface area contributed by atoms with Gasteiger partial charge >= 0.3 is 11.9 Å². The van der Waals surface area contributed by atoms with Crippen molar-refractivity contribution in [3.63, 3.8) is 0 Å². The van der Waals surface area contributed by atoms with Crippen LogP contribution in [0.3, 0.4) is 0 Å². The summed E-state index contributed by atoms with van der Waals surface area (Å²) < 4.78 is 0. The van der Waals surface area contributed by atoms with Crippen LogP contribution in [-0.2, 0) is 9.59 Å². The van der Waals surface area contributed by atoms with Gasteiger partial charge in [0.2, 0.25) is 0 Å². The Bertz CT molecular complexity index is 695. The van der Waals surface area contributed by atoms with Crippen molar-refractivity contribution in [1.29, 1.82) is 0 Å². The summed E-state index contributed by atoms with van der Waals surface area (Å²) in [6.45, 7) is 13.5. The highest BCUT2D eigenvalue weighted by atomic mass is 31.1. The molecule has 1 saturated heterocycles. The predicted molar refractivity (Wildman–Crippen MR) is 119 cm³/mol. The summed E-state index contributed by atoms with van der Waals surface area (Å²) in [5, 5.41) is 20.0. The molecule has 1 aliphatic heterocycles. The molecule has 7 heteroatoms. The Morgan fingerprint density at radius 1 is 0.862 bits per heavy atom. The summed E-state index contributed by atoms with van der Waals surface area (Å²) in [6.07, 6.45) is 1.39. The van der Waals surface area contributed by atoms with E-state index in [2.05, 4.69) is 53.7 Å². The van der Waals surface area contributed by atoms with Gasteiger partial charge in [-0.1, -0.05) is 53.7 Å². The lowest BCUT2D eigenvalue weighted by atomic mass is 9.89. The topological polar surface area (TPSA) is 81.1 Å². The van der Waals surface area contributed by atoms with Crippen LogP contribution < -0.4 is 5.30 Å². The predicted octanol–water partition coefficient (Wildman–Crippen LogP) is 3.82. The molecule has 0 aliphatic carbocycles. The van der Waals surface area contributed by atoms with Crippen LogP contribution in [0.4, 0.5) is 0 Å². The van der Waals surface area contributed by atoms with Gasteiger partial charge in [0.25, 0.3) is 0 Å². The minimum Gasteiger partial charge on any atom is -0.480 e. The zero-order chi connectivity index (χ0) is 21.9. The van der Waals surface area contributed by atoms with E-state index in [1.807, 2.05) is 9.80 Å². The van der Waals surface area contributed by atoms with E-state index < -0.39 is 19.9 Å². The maximum Gasteiger partial charge on any atom is 0.317 e. The molecule has 162 valence electrons. The Labute approximate surface area is 175 Å². The normalized spacial score (nSPS) is 16.9. The van der Waals surface area contributed by atoms with Crippen LogP contribution in [0, 0.1) is 0 Å². The minimum atomic E-state index is -0.875. The Kier molecular flexibility index (Phi) is 8.21. The molecule has 0 unspecified atom stereocenters. The van der Waals surface area contributed by atoms with Gasteiger partial charge in [-0.3, -0.25) is 19.4 Å². The maximum absolute atomic E-state index is 11.3. The molecular weight excluding hydrogens is 387 g/mol. The van der Waals surface area contributed by atoms with Crippen molar-refractivity contribution in [2.75, 3.05) is 32.3 Å². The highest BCUT2D eigenvalue weighted by Gasteiger charge is 2.32. The van der Waals surface area contributed by atoms with Crippen LogP contribution >= 0.6 is 7.92 Å². The van der Waals surface area contributed by atoms with Crippen molar-refractivity contribution >= 4 is 25.2 Å². The fraction of sp³-hybridized carbons (Fsp3) is 0.636. The van der Waals surface area contributed by atoms with Crippen molar-refractivity contribution in [3.8, 4) is 0 Å². The number of aliphatic carboxylic acids is 2. The molecule has 1 fully saturated rings. The summed E-state index contributed by atoms with van der Waals surface area (Å²) in [4.78, 5) is 26.4. The summed E-state index contributed by atoms with van der Waals surface area (Å²) in [5.41, 5.74) is 4.00. The molecule has 0 saturated carbocycles. The molecule has 2 rings (SSSR count). The smallest absolute Gasteiger partial charge is 0.317 e. The fourth-order valence-electron chi connectivity index (χ4n) is 3.91. The Balaban J connectivity index is 2.55. The monoisotopic (exact) mass is 422 g/mol. The van der Waals surface area contributed by atoms with E-state index in [1.54, 1.807) is 0 Å². The summed E-state index contributed by atoms with van der Waals surface area (Å²) in [6, 6.07) is 4.63. The molecule has 6 nitrogen and oxygen atoms in total. The van der Waals surface area contributed by atoms with Crippen LogP contribution in [0.15, 0.2) is 12.1 Å². The standard InChI is InChI=1S/C22H35N2O4P/c1-14(2)17-7-18(15(3)4)22(19(8-17)16(5)6)29-12-23(9-20(25)26)11-24(13-29)10-21(27)28/h7-8,14-16H,9-13H2,1-6H3,(H,25,26)(H,27,28).